The van der Waals surface area contributed by atoms with Crippen molar-refractivity contribution < 1.29 is 14.4 Å². The Labute approximate surface area is 144 Å². The third-order valence-corrected chi connectivity index (χ3v) is 4.87. The van der Waals surface area contributed by atoms with Crippen LogP contribution in [0.15, 0.2) is 41.3 Å². The van der Waals surface area contributed by atoms with Crippen LogP contribution < -0.4 is 5.32 Å². The first-order valence-electron chi connectivity index (χ1n) is 7.97. The van der Waals surface area contributed by atoms with E-state index in [4.69, 9.17) is 0 Å². The lowest BCUT2D eigenvalue weighted by atomic mass is 10.1. The molecule has 0 radical (unpaired) electrons. The highest BCUT2D eigenvalue weighted by atomic mass is 32.2. The lowest BCUT2D eigenvalue weighted by Crippen LogP contribution is -2.42. The van der Waals surface area contributed by atoms with Crippen LogP contribution in [0.5, 0.6) is 0 Å². The van der Waals surface area contributed by atoms with Gasteiger partial charge in [0.15, 0.2) is 0 Å². The third-order valence-electron chi connectivity index (χ3n) is 3.97. The molecule has 2 heterocycles. The van der Waals surface area contributed by atoms with Gasteiger partial charge in [0.2, 0.25) is 5.91 Å². The van der Waals surface area contributed by atoms with Crippen molar-refractivity contribution in [2.24, 2.45) is 0 Å². The van der Waals surface area contributed by atoms with Gasteiger partial charge in [-0.05, 0) is 49.8 Å². The van der Waals surface area contributed by atoms with Gasteiger partial charge in [-0.15, -0.1) is 0 Å². The fourth-order valence-corrected chi connectivity index (χ4v) is 3.54. The summed E-state index contributed by atoms with van der Waals surface area (Å²) in [7, 11) is 0. The van der Waals surface area contributed by atoms with Gasteiger partial charge in [-0.3, -0.25) is 24.2 Å². The number of para-hydroxylation sites is 1. The number of amides is 3. The number of nitrogens with one attached hydrogen (secondary N) is 1. The number of piperidine rings is 1. The summed E-state index contributed by atoms with van der Waals surface area (Å²) in [6.45, 7) is 2.10. The van der Waals surface area contributed by atoms with Crippen molar-refractivity contribution in [1.82, 2.24) is 9.80 Å². The van der Waals surface area contributed by atoms with Gasteiger partial charge in [0.25, 0.3) is 11.1 Å². The second-order valence-electron chi connectivity index (χ2n) is 5.79. The van der Waals surface area contributed by atoms with Crippen molar-refractivity contribution in [3.05, 3.63) is 41.3 Å². The van der Waals surface area contributed by atoms with E-state index < -0.39 is 11.8 Å². The number of carbonyl (C=O) groups excluding carboxylic acids is 3. The SMILES string of the molecule is O=C(C=C1SC(=O)N(CN2CCCCC2)C1=O)Nc1ccccc1. The molecule has 2 saturated heterocycles. The Morgan fingerprint density at radius 2 is 1.83 bits per heavy atom. The van der Waals surface area contributed by atoms with E-state index in [1.807, 2.05) is 18.2 Å². The fourth-order valence-electron chi connectivity index (χ4n) is 2.74. The van der Waals surface area contributed by atoms with Crippen molar-refractivity contribution >= 4 is 34.5 Å². The summed E-state index contributed by atoms with van der Waals surface area (Å²) in [5.41, 5.74) is 0.645. The molecule has 2 aliphatic heterocycles. The highest BCUT2D eigenvalue weighted by molar-refractivity contribution is 8.18. The molecule has 6 nitrogen and oxygen atoms in total. The zero-order valence-corrected chi connectivity index (χ0v) is 14.1. The molecule has 0 saturated carbocycles. The molecule has 3 rings (SSSR count). The second kappa shape index (κ2) is 7.63. The molecular formula is C17H19N3O3S. The van der Waals surface area contributed by atoms with Gasteiger partial charge < -0.3 is 5.32 Å². The molecule has 0 spiro atoms. The molecule has 2 aliphatic rings. The number of thioether (sulfide) groups is 1. The summed E-state index contributed by atoms with van der Waals surface area (Å²) < 4.78 is 0. The van der Waals surface area contributed by atoms with Crippen molar-refractivity contribution in [3.63, 3.8) is 0 Å². The maximum atomic E-state index is 12.4. The van der Waals surface area contributed by atoms with E-state index in [9.17, 15) is 14.4 Å². The number of benzene rings is 1. The molecule has 0 aromatic heterocycles. The smallest absolute Gasteiger partial charge is 0.294 e. The van der Waals surface area contributed by atoms with Crippen LogP contribution in [0.1, 0.15) is 19.3 Å². The van der Waals surface area contributed by atoms with E-state index in [1.54, 1.807) is 12.1 Å². The maximum Gasteiger partial charge on any atom is 0.294 e. The number of hydrogen-bond donors (Lipinski definition) is 1. The number of rotatable bonds is 4. The zero-order chi connectivity index (χ0) is 16.9. The summed E-state index contributed by atoms with van der Waals surface area (Å²) in [6, 6.07) is 8.98. The van der Waals surface area contributed by atoms with Crippen LogP contribution >= 0.6 is 11.8 Å². The first-order chi connectivity index (χ1) is 11.6. The lowest BCUT2D eigenvalue weighted by Gasteiger charge is -2.29. The summed E-state index contributed by atoms with van der Waals surface area (Å²) in [5.74, 6) is -0.802. The molecule has 3 amide bonds. The number of carbonyl (C=O) groups is 3. The molecule has 1 N–H and O–H groups in total. The summed E-state index contributed by atoms with van der Waals surface area (Å²) >= 11 is 0.820. The zero-order valence-electron chi connectivity index (χ0n) is 13.2. The van der Waals surface area contributed by atoms with Gasteiger partial charge in [0.1, 0.15) is 0 Å². The van der Waals surface area contributed by atoms with Crippen LogP contribution in [-0.4, -0.2) is 46.6 Å². The molecule has 7 heteroatoms. The highest BCUT2D eigenvalue weighted by Gasteiger charge is 2.36. The first kappa shape index (κ1) is 16.7. The van der Waals surface area contributed by atoms with Gasteiger partial charge >= 0.3 is 0 Å². The Balaban J connectivity index is 1.63. The van der Waals surface area contributed by atoms with E-state index in [0.29, 0.717) is 12.4 Å². The molecule has 0 bridgehead atoms. The first-order valence-corrected chi connectivity index (χ1v) is 8.79. The minimum Gasteiger partial charge on any atom is -0.322 e. The molecule has 0 unspecified atom stereocenters. The number of anilines is 1. The number of imide groups is 1. The summed E-state index contributed by atoms with van der Waals surface area (Å²) in [6.07, 6.45) is 4.57. The standard InChI is InChI=1S/C17H19N3O3S/c21-15(18-13-7-3-1-4-8-13)11-14-16(22)20(17(23)24-14)12-19-9-5-2-6-10-19/h1,3-4,7-8,11H,2,5-6,9-10,12H2,(H,18,21). The molecule has 1 aromatic rings. The van der Waals surface area contributed by atoms with Crippen LogP contribution in [0, 0.1) is 0 Å². The van der Waals surface area contributed by atoms with Crippen molar-refractivity contribution in [2.75, 3.05) is 25.1 Å². The van der Waals surface area contributed by atoms with E-state index in [0.717, 1.165) is 37.7 Å². The Bertz CT molecular complexity index is 669. The van der Waals surface area contributed by atoms with E-state index in [2.05, 4.69) is 10.2 Å². The van der Waals surface area contributed by atoms with Crippen LogP contribution in [0.4, 0.5) is 10.5 Å². The normalized spacial score (nSPS) is 20.7. The van der Waals surface area contributed by atoms with Crippen LogP contribution in [0.3, 0.4) is 0 Å². The molecule has 0 atom stereocenters. The minimum absolute atomic E-state index is 0.172. The minimum atomic E-state index is -0.412. The monoisotopic (exact) mass is 345 g/mol. The topological polar surface area (TPSA) is 69.7 Å². The van der Waals surface area contributed by atoms with Crippen molar-refractivity contribution in [2.45, 2.75) is 19.3 Å². The number of likely N-dealkylation sites (tertiary alicyclic amines) is 1. The Kier molecular flexibility index (Phi) is 5.32. The van der Waals surface area contributed by atoms with Gasteiger partial charge in [0, 0.05) is 11.8 Å². The second-order valence-corrected chi connectivity index (χ2v) is 6.78. The molecule has 24 heavy (non-hydrogen) atoms. The Morgan fingerprint density at radius 1 is 1.12 bits per heavy atom. The molecule has 0 aliphatic carbocycles. The van der Waals surface area contributed by atoms with Crippen LogP contribution in [-0.2, 0) is 9.59 Å². The average Bonchev–Trinajstić information content (AvgIpc) is 2.84. The third kappa shape index (κ3) is 4.04. The van der Waals surface area contributed by atoms with Crippen LogP contribution in [0.25, 0.3) is 0 Å². The fraction of sp³-hybridized carbons (Fsp3) is 0.353. The molecule has 2 fully saturated rings. The lowest BCUT2D eigenvalue weighted by molar-refractivity contribution is -0.124. The predicted molar refractivity (Wildman–Crippen MR) is 93.3 cm³/mol. The molecule has 1 aromatic carbocycles. The molecular weight excluding hydrogens is 326 g/mol. The van der Waals surface area contributed by atoms with Crippen LogP contribution in [0.2, 0.25) is 0 Å². The molecule has 126 valence electrons. The number of nitrogens with zero attached hydrogens (tertiary/aromatic N) is 2. The Hall–Kier alpha value is -2.12. The highest BCUT2D eigenvalue weighted by Crippen LogP contribution is 2.31. The summed E-state index contributed by atoms with van der Waals surface area (Å²) in [4.78, 5) is 40.0. The van der Waals surface area contributed by atoms with E-state index >= 15 is 0 Å². The van der Waals surface area contributed by atoms with Crippen molar-refractivity contribution in [3.8, 4) is 0 Å². The quantitative estimate of drug-likeness (QED) is 0.850. The van der Waals surface area contributed by atoms with E-state index in [-0.39, 0.29) is 10.1 Å². The van der Waals surface area contributed by atoms with Gasteiger partial charge in [-0.2, -0.15) is 0 Å². The summed E-state index contributed by atoms with van der Waals surface area (Å²) in [5, 5.41) is 2.36. The predicted octanol–water partition coefficient (Wildman–Crippen LogP) is 2.65. The van der Waals surface area contributed by atoms with Gasteiger partial charge in [-0.25, -0.2) is 0 Å². The van der Waals surface area contributed by atoms with Crippen molar-refractivity contribution in [1.29, 1.82) is 0 Å². The maximum absolute atomic E-state index is 12.4. The van der Waals surface area contributed by atoms with E-state index in [1.165, 1.54) is 17.4 Å². The Morgan fingerprint density at radius 3 is 2.54 bits per heavy atom. The average molecular weight is 345 g/mol. The van der Waals surface area contributed by atoms with Gasteiger partial charge in [-0.1, -0.05) is 24.6 Å². The largest absolute Gasteiger partial charge is 0.322 e. The van der Waals surface area contributed by atoms with Gasteiger partial charge in [0.05, 0.1) is 11.6 Å². The number of hydrogen-bond acceptors (Lipinski definition) is 5.